The zero-order valence-corrected chi connectivity index (χ0v) is 33.7. The van der Waals surface area contributed by atoms with Crippen molar-refractivity contribution < 1.29 is 30.0 Å². The summed E-state index contributed by atoms with van der Waals surface area (Å²) in [6.07, 6.45) is 2.99. The normalized spacial score (nSPS) is 12.5. The van der Waals surface area contributed by atoms with Gasteiger partial charge in [-0.1, -0.05) is 121 Å². The van der Waals surface area contributed by atoms with Crippen molar-refractivity contribution in [1.29, 1.82) is 0 Å². The summed E-state index contributed by atoms with van der Waals surface area (Å²) in [6, 6.07) is 17.1. The molecule has 5 heteroatoms. The summed E-state index contributed by atoms with van der Waals surface area (Å²) in [4.78, 5) is 22.0. The second-order valence-corrected chi connectivity index (χ2v) is 15.2. The van der Waals surface area contributed by atoms with Crippen LogP contribution in [-0.2, 0) is 24.9 Å². The average molecular weight is 814 g/mol. The van der Waals surface area contributed by atoms with Gasteiger partial charge in [0.2, 0.25) is 0 Å². The summed E-state index contributed by atoms with van der Waals surface area (Å²) >= 11 is 0. The molecule has 1 aromatic heterocycles. The van der Waals surface area contributed by atoms with E-state index in [0.29, 0.717) is 11.8 Å². The molecule has 0 aliphatic heterocycles. The van der Waals surface area contributed by atoms with Gasteiger partial charge in [0.25, 0.3) is 0 Å². The van der Waals surface area contributed by atoms with E-state index < -0.39 is 0 Å². The van der Waals surface area contributed by atoms with Crippen LogP contribution in [0.4, 0.5) is 0 Å². The van der Waals surface area contributed by atoms with E-state index in [1.54, 1.807) is 0 Å². The fourth-order valence-corrected chi connectivity index (χ4v) is 5.27. The molecule has 4 nitrogen and oxygen atoms in total. The minimum atomic E-state index is -0.377. The number of aliphatic hydroxyl groups is 1. The minimum absolute atomic E-state index is 0. The maximum atomic E-state index is 11.8. The molecule has 0 amide bonds. The SMILES string of the molecule is CCC(C)(C)C(=O)/C=C(\O)C(C)(C)CC.Cc1[c-]c(-c2nc(C(C)C)nc3c2ccc2cc(C(C)C)cc(C(C)C)c23)cc(C)c1.[Ir]. The van der Waals surface area contributed by atoms with Gasteiger partial charge in [0.15, 0.2) is 5.78 Å². The molecule has 47 heavy (non-hydrogen) atoms. The molecule has 0 bridgehead atoms. The van der Waals surface area contributed by atoms with Crippen LogP contribution in [0.1, 0.15) is 142 Å². The Kier molecular flexibility index (Phi) is 13.7. The number of allylic oxidation sites excluding steroid dienone is 2. The molecule has 0 fully saturated rings. The van der Waals surface area contributed by atoms with Crippen molar-refractivity contribution in [3.8, 4) is 11.3 Å². The van der Waals surface area contributed by atoms with Crippen LogP contribution in [0.3, 0.4) is 0 Å². The van der Waals surface area contributed by atoms with Gasteiger partial charge in [0.1, 0.15) is 11.6 Å². The summed E-state index contributed by atoms with van der Waals surface area (Å²) in [5.41, 5.74) is 7.55. The van der Waals surface area contributed by atoms with Crippen molar-refractivity contribution in [3.63, 3.8) is 0 Å². The van der Waals surface area contributed by atoms with Gasteiger partial charge in [-0.3, -0.25) is 9.78 Å². The summed E-state index contributed by atoms with van der Waals surface area (Å²) < 4.78 is 0. The first-order chi connectivity index (χ1) is 21.3. The quantitative estimate of drug-likeness (QED) is 0.0791. The second kappa shape index (κ2) is 16.0. The molecular formula is C42H57IrN2O2-. The van der Waals surface area contributed by atoms with E-state index >= 15 is 0 Å². The second-order valence-electron chi connectivity index (χ2n) is 15.2. The third-order valence-electron chi connectivity index (χ3n) is 9.46. The van der Waals surface area contributed by atoms with Crippen molar-refractivity contribution in [2.24, 2.45) is 10.8 Å². The van der Waals surface area contributed by atoms with Gasteiger partial charge in [-0.05, 0) is 52.3 Å². The van der Waals surface area contributed by atoms with Crippen molar-refractivity contribution in [1.82, 2.24) is 9.97 Å². The molecule has 3 aromatic carbocycles. The van der Waals surface area contributed by atoms with Crippen LogP contribution >= 0.6 is 0 Å². The van der Waals surface area contributed by atoms with E-state index in [-0.39, 0.29) is 48.4 Å². The Morgan fingerprint density at radius 1 is 0.851 bits per heavy atom. The molecule has 1 heterocycles. The molecule has 0 atom stereocenters. The molecule has 0 spiro atoms. The topological polar surface area (TPSA) is 63.1 Å². The van der Waals surface area contributed by atoms with E-state index in [1.807, 2.05) is 41.5 Å². The molecule has 0 saturated carbocycles. The van der Waals surface area contributed by atoms with E-state index in [1.165, 1.54) is 33.5 Å². The number of aromatic nitrogens is 2. The first-order valence-corrected chi connectivity index (χ1v) is 17.1. The third kappa shape index (κ3) is 9.39. The maximum absolute atomic E-state index is 11.8. The fraction of sp³-hybridized carbons (Fsp3) is 0.500. The molecular weight excluding hydrogens is 757 g/mol. The molecule has 0 saturated heterocycles. The molecule has 0 aliphatic carbocycles. The zero-order valence-electron chi connectivity index (χ0n) is 31.3. The Labute approximate surface area is 298 Å². The largest absolute Gasteiger partial charge is 0.512 e. The number of hydrogen-bond acceptors (Lipinski definition) is 4. The Morgan fingerprint density at radius 3 is 1.98 bits per heavy atom. The van der Waals surface area contributed by atoms with Gasteiger partial charge in [-0.25, -0.2) is 4.98 Å². The van der Waals surface area contributed by atoms with Crippen molar-refractivity contribution >= 4 is 27.5 Å². The van der Waals surface area contributed by atoms with E-state index in [9.17, 15) is 9.90 Å². The van der Waals surface area contributed by atoms with Crippen LogP contribution in [0.2, 0.25) is 0 Å². The third-order valence-corrected chi connectivity index (χ3v) is 9.46. The predicted octanol–water partition coefficient (Wildman–Crippen LogP) is 12.1. The van der Waals surface area contributed by atoms with Crippen LogP contribution in [0.5, 0.6) is 0 Å². The van der Waals surface area contributed by atoms with Gasteiger partial charge in [0.05, 0.1) is 5.52 Å². The van der Waals surface area contributed by atoms with Gasteiger partial charge in [0, 0.05) is 48.3 Å². The van der Waals surface area contributed by atoms with Gasteiger partial charge >= 0.3 is 0 Å². The van der Waals surface area contributed by atoms with Crippen LogP contribution < -0.4 is 0 Å². The molecule has 4 rings (SSSR count). The average Bonchev–Trinajstić information content (AvgIpc) is 2.99. The van der Waals surface area contributed by atoms with Crippen LogP contribution in [0.15, 0.2) is 48.2 Å². The number of ketones is 1. The number of rotatable bonds is 9. The summed E-state index contributed by atoms with van der Waals surface area (Å²) in [6.45, 7) is 29.3. The van der Waals surface area contributed by atoms with Crippen molar-refractivity contribution in [2.75, 3.05) is 0 Å². The number of carbonyl (C=O) groups is 1. The van der Waals surface area contributed by atoms with Crippen LogP contribution in [0.25, 0.3) is 32.9 Å². The summed E-state index contributed by atoms with van der Waals surface area (Å²) in [5.74, 6) is 2.25. The summed E-state index contributed by atoms with van der Waals surface area (Å²) in [5, 5.41) is 13.5. The van der Waals surface area contributed by atoms with E-state index in [0.717, 1.165) is 46.4 Å². The first kappa shape index (κ1) is 40.3. The van der Waals surface area contributed by atoms with E-state index in [4.69, 9.17) is 9.97 Å². The molecule has 4 aromatic rings. The van der Waals surface area contributed by atoms with Gasteiger partial charge in [-0.2, -0.15) is 0 Å². The molecule has 1 radical (unpaired) electrons. The molecule has 1 N–H and O–H groups in total. The Balaban J connectivity index is 0.000000410. The number of fused-ring (bicyclic) bond motifs is 3. The zero-order chi connectivity index (χ0) is 34.7. The monoisotopic (exact) mass is 814 g/mol. The van der Waals surface area contributed by atoms with Crippen LogP contribution in [-0.4, -0.2) is 20.9 Å². The predicted molar refractivity (Wildman–Crippen MR) is 197 cm³/mol. The van der Waals surface area contributed by atoms with Crippen LogP contribution in [0, 0.1) is 30.7 Å². The Bertz CT molecular complexity index is 1730. The minimum Gasteiger partial charge on any atom is -0.512 e. The Morgan fingerprint density at radius 2 is 1.47 bits per heavy atom. The first-order valence-electron chi connectivity index (χ1n) is 17.1. The maximum Gasteiger partial charge on any atom is 0.164 e. The number of hydrogen-bond donors (Lipinski definition) is 1. The summed E-state index contributed by atoms with van der Waals surface area (Å²) in [7, 11) is 0. The smallest absolute Gasteiger partial charge is 0.164 e. The number of nitrogens with zero attached hydrogens (tertiary/aromatic N) is 2. The van der Waals surface area contributed by atoms with Crippen molar-refractivity contribution in [3.05, 3.63) is 82.4 Å². The number of carbonyl (C=O) groups excluding carboxylic acids is 1. The van der Waals surface area contributed by atoms with Gasteiger partial charge < -0.3 is 5.11 Å². The molecule has 257 valence electrons. The standard InChI is InChI=1S/C29H33N2.C13H24O2.Ir/c1-16(2)22-14-21-9-10-24-27(23-12-19(7)11-20(8)13-23)30-29(18(5)6)31-28(24)26(21)25(15-22)17(3)4;1-7-12(3,4)10(14)9-11(15)13(5,6)8-2;/h9-12,14-18H,1-8H3;9,14H,7-8H2,1-6H3;/q-1;;/b;10-9-;. The number of aryl methyl sites for hydroxylation is 2. The number of aliphatic hydroxyl groups excluding tert-OH is 1. The molecule has 0 aliphatic rings. The van der Waals surface area contributed by atoms with Gasteiger partial charge in [-0.15, -0.1) is 34.9 Å². The molecule has 0 unspecified atom stereocenters. The van der Waals surface area contributed by atoms with E-state index in [2.05, 4.69) is 97.9 Å². The number of benzene rings is 3. The fourth-order valence-electron chi connectivity index (χ4n) is 5.27. The van der Waals surface area contributed by atoms with Crippen molar-refractivity contribution in [2.45, 2.75) is 128 Å². The Hall–Kier alpha value is -2.88.